The lowest BCUT2D eigenvalue weighted by Gasteiger charge is -2.23. The van der Waals surface area contributed by atoms with Gasteiger partial charge in [0.2, 0.25) is 0 Å². The van der Waals surface area contributed by atoms with Gasteiger partial charge in [-0.05, 0) is 30.2 Å². The number of anilines is 2. The summed E-state index contributed by atoms with van der Waals surface area (Å²) in [5, 5.41) is 0. The lowest BCUT2D eigenvalue weighted by Crippen LogP contribution is -2.24. The molecular weight excluding hydrogens is 220 g/mol. The summed E-state index contributed by atoms with van der Waals surface area (Å²) in [4.78, 5) is 6.12. The highest BCUT2D eigenvalue weighted by Crippen LogP contribution is 2.25. The molecule has 0 aromatic heterocycles. The number of hydrogen-bond acceptors (Lipinski definition) is 1. The number of terminal acetylenes is 1. The molecule has 0 saturated heterocycles. The van der Waals surface area contributed by atoms with E-state index in [4.69, 9.17) is 6.42 Å². The minimum Gasteiger partial charge on any atom is -0.288 e. The van der Waals surface area contributed by atoms with Gasteiger partial charge in [-0.3, -0.25) is 9.89 Å². The highest BCUT2D eigenvalue weighted by Gasteiger charge is 2.12. The Hall–Kier alpha value is -2.53. The van der Waals surface area contributed by atoms with Crippen LogP contribution in [0.4, 0.5) is 11.4 Å². The maximum Gasteiger partial charge on any atom is 0.185 e. The van der Waals surface area contributed by atoms with Crippen LogP contribution in [0.5, 0.6) is 0 Å². The molecule has 0 aliphatic rings. The normalized spacial score (nSPS) is 10.8. The van der Waals surface area contributed by atoms with Gasteiger partial charge in [-0.25, -0.2) is 0 Å². The Balaban J connectivity index is 2.53. The summed E-state index contributed by atoms with van der Waals surface area (Å²) < 4.78 is 0. The van der Waals surface area contributed by atoms with Crippen molar-refractivity contribution in [2.24, 2.45) is 4.99 Å². The minimum atomic E-state index is 0.590. The molecule has 2 rings (SSSR count). The van der Waals surface area contributed by atoms with Crippen LogP contribution in [0.2, 0.25) is 0 Å². The Bertz CT molecular complexity index is 526. The summed E-state index contributed by atoms with van der Waals surface area (Å²) >= 11 is 0. The Morgan fingerprint density at radius 3 is 1.72 bits per heavy atom. The van der Waals surface area contributed by atoms with E-state index in [9.17, 15) is 0 Å². The van der Waals surface area contributed by atoms with Crippen LogP contribution >= 0.6 is 0 Å². The van der Waals surface area contributed by atoms with Crippen LogP contribution in [0.25, 0.3) is 0 Å². The zero-order chi connectivity index (χ0) is 12.8. The zero-order valence-corrected chi connectivity index (χ0v) is 10.2. The first-order chi connectivity index (χ1) is 8.86. The van der Waals surface area contributed by atoms with Gasteiger partial charge in [-0.1, -0.05) is 36.4 Å². The molecule has 2 aromatic rings. The summed E-state index contributed by atoms with van der Waals surface area (Å²) in [5.41, 5.74) is 2.00. The standard InChI is InChI=1S/C16H14N2/c1-3-16(17-2)18(14-10-6-4-7-11-14)15-12-8-5-9-13-15/h1,4-13H,2H3. The molecule has 0 N–H and O–H groups in total. The fourth-order valence-corrected chi connectivity index (χ4v) is 1.78. The van der Waals surface area contributed by atoms with E-state index >= 15 is 0 Å². The monoisotopic (exact) mass is 234 g/mol. The first-order valence-corrected chi connectivity index (χ1v) is 5.70. The van der Waals surface area contributed by atoms with Gasteiger partial charge in [-0.15, -0.1) is 6.42 Å². The van der Waals surface area contributed by atoms with Crippen molar-refractivity contribution in [3.05, 3.63) is 60.7 Å². The third-order valence-electron chi connectivity index (χ3n) is 2.58. The van der Waals surface area contributed by atoms with E-state index in [-0.39, 0.29) is 0 Å². The maximum atomic E-state index is 5.54. The van der Waals surface area contributed by atoms with Crippen molar-refractivity contribution < 1.29 is 0 Å². The third-order valence-corrected chi connectivity index (χ3v) is 2.58. The number of amidine groups is 1. The minimum absolute atomic E-state index is 0.590. The number of hydrogen-bond donors (Lipinski definition) is 0. The molecule has 0 unspecified atom stereocenters. The van der Waals surface area contributed by atoms with E-state index in [0.717, 1.165) is 11.4 Å². The molecule has 2 aromatic carbocycles. The van der Waals surface area contributed by atoms with Gasteiger partial charge in [0.1, 0.15) is 0 Å². The second kappa shape index (κ2) is 5.70. The van der Waals surface area contributed by atoms with Gasteiger partial charge >= 0.3 is 0 Å². The average Bonchev–Trinajstić information content (AvgIpc) is 2.46. The van der Waals surface area contributed by atoms with Crippen molar-refractivity contribution in [3.8, 4) is 12.3 Å². The van der Waals surface area contributed by atoms with E-state index in [1.165, 1.54) is 0 Å². The summed E-state index contributed by atoms with van der Waals surface area (Å²) in [5.74, 6) is 3.21. The number of rotatable bonds is 2. The molecule has 18 heavy (non-hydrogen) atoms. The Morgan fingerprint density at radius 1 is 0.944 bits per heavy atom. The number of benzene rings is 2. The maximum absolute atomic E-state index is 5.54. The van der Waals surface area contributed by atoms with Gasteiger partial charge in [0.25, 0.3) is 0 Å². The number of nitrogens with zero attached hydrogens (tertiary/aromatic N) is 2. The largest absolute Gasteiger partial charge is 0.288 e. The summed E-state index contributed by atoms with van der Waals surface area (Å²) in [6.07, 6.45) is 5.54. The van der Waals surface area contributed by atoms with E-state index in [2.05, 4.69) is 10.9 Å². The van der Waals surface area contributed by atoms with Gasteiger partial charge in [-0.2, -0.15) is 0 Å². The molecule has 2 nitrogen and oxygen atoms in total. The summed E-state index contributed by atoms with van der Waals surface area (Å²) in [6.45, 7) is 0. The summed E-state index contributed by atoms with van der Waals surface area (Å²) in [7, 11) is 1.70. The van der Waals surface area contributed by atoms with Crippen molar-refractivity contribution >= 4 is 17.2 Å². The Kier molecular flexibility index (Phi) is 3.78. The SMILES string of the molecule is C#CC(=NC)N(c1ccccc1)c1ccccc1. The van der Waals surface area contributed by atoms with Crippen LogP contribution in [-0.2, 0) is 0 Å². The second-order valence-electron chi connectivity index (χ2n) is 3.70. The lowest BCUT2D eigenvalue weighted by atomic mass is 10.2. The fraction of sp³-hybridized carbons (Fsp3) is 0.0625. The quantitative estimate of drug-likeness (QED) is 0.441. The van der Waals surface area contributed by atoms with Crippen LogP contribution in [0.3, 0.4) is 0 Å². The molecule has 0 fully saturated rings. The van der Waals surface area contributed by atoms with Crippen molar-refractivity contribution in [1.29, 1.82) is 0 Å². The lowest BCUT2D eigenvalue weighted by molar-refractivity contribution is 1.31. The topological polar surface area (TPSA) is 15.6 Å². The predicted octanol–water partition coefficient (Wildman–Crippen LogP) is 3.49. The zero-order valence-electron chi connectivity index (χ0n) is 10.2. The molecule has 0 atom stereocenters. The highest BCUT2D eigenvalue weighted by atomic mass is 15.2. The second-order valence-corrected chi connectivity index (χ2v) is 3.70. The van der Waals surface area contributed by atoms with Crippen molar-refractivity contribution in [3.63, 3.8) is 0 Å². The van der Waals surface area contributed by atoms with Crippen LogP contribution in [0.1, 0.15) is 0 Å². The van der Waals surface area contributed by atoms with Crippen LogP contribution in [0, 0.1) is 12.3 Å². The summed E-state index contributed by atoms with van der Waals surface area (Å²) in [6, 6.07) is 19.9. The molecule has 0 bridgehead atoms. The predicted molar refractivity (Wildman–Crippen MR) is 77.2 cm³/mol. The van der Waals surface area contributed by atoms with E-state index < -0.39 is 0 Å². The molecule has 0 heterocycles. The van der Waals surface area contributed by atoms with Crippen molar-refractivity contribution in [1.82, 2.24) is 0 Å². The van der Waals surface area contributed by atoms with Crippen LogP contribution in [-0.4, -0.2) is 12.9 Å². The molecule has 0 saturated carbocycles. The molecule has 88 valence electrons. The van der Waals surface area contributed by atoms with Gasteiger partial charge in [0.05, 0.1) is 0 Å². The van der Waals surface area contributed by atoms with Crippen LogP contribution in [0.15, 0.2) is 65.7 Å². The molecular formula is C16H14N2. The Morgan fingerprint density at radius 2 is 1.39 bits per heavy atom. The molecule has 0 aliphatic heterocycles. The molecule has 2 heteroatoms. The van der Waals surface area contributed by atoms with Gasteiger partial charge < -0.3 is 0 Å². The average molecular weight is 234 g/mol. The molecule has 0 spiro atoms. The van der Waals surface area contributed by atoms with Crippen molar-refractivity contribution in [2.75, 3.05) is 11.9 Å². The molecule has 0 radical (unpaired) electrons. The van der Waals surface area contributed by atoms with Crippen molar-refractivity contribution in [2.45, 2.75) is 0 Å². The van der Waals surface area contributed by atoms with E-state index in [1.54, 1.807) is 7.05 Å². The smallest absolute Gasteiger partial charge is 0.185 e. The Labute approximate surface area is 108 Å². The number of aliphatic imine (C=N–C) groups is 1. The van der Waals surface area contributed by atoms with E-state index in [0.29, 0.717) is 5.84 Å². The fourth-order valence-electron chi connectivity index (χ4n) is 1.78. The molecule has 0 aliphatic carbocycles. The highest BCUT2D eigenvalue weighted by molar-refractivity contribution is 6.14. The van der Waals surface area contributed by atoms with E-state index in [1.807, 2.05) is 65.6 Å². The molecule has 0 amide bonds. The number of para-hydroxylation sites is 2. The van der Waals surface area contributed by atoms with Gasteiger partial charge in [0, 0.05) is 18.4 Å². The first-order valence-electron chi connectivity index (χ1n) is 5.70. The first kappa shape index (κ1) is 11.9. The van der Waals surface area contributed by atoms with Gasteiger partial charge in [0.15, 0.2) is 5.84 Å². The third kappa shape index (κ3) is 2.41. The van der Waals surface area contributed by atoms with Crippen LogP contribution < -0.4 is 4.90 Å².